The molecular formula is C11H12FNO2. The number of aliphatic hydroxyl groups is 1. The third-order valence-corrected chi connectivity index (χ3v) is 2.58. The minimum Gasteiger partial charge on any atom is -0.388 e. The van der Waals surface area contributed by atoms with Gasteiger partial charge in [0.1, 0.15) is 5.82 Å². The van der Waals surface area contributed by atoms with Crippen molar-refractivity contribution in [3.63, 3.8) is 0 Å². The lowest BCUT2D eigenvalue weighted by molar-refractivity contribution is -0.115. The van der Waals surface area contributed by atoms with Crippen molar-refractivity contribution in [2.24, 2.45) is 0 Å². The van der Waals surface area contributed by atoms with Crippen LogP contribution in [0.2, 0.25) is 0 Å². The molecule has 80 valence electrons. The van der Waals surface area contributed by atoms with Gasteiger partial charge >= 0.3 is 0 Å². The van der Waals surface area contributed by atoms with E-state index in [1.165, 1.54) is 6.07 Å². The molecule has 0 fully saturated rings. The van der Waals surface area contributed by atoms with E-state index in [1.807, 2.05) is 6.92 Å². The van der Waals surface area contributed by atoms with E-state index in [1.54, 1.807) is 6.07 Å². The molecule has 0 saturated heterocycles. The lowest BCUT2D eigenvalue weighted by Crippen LogP contribution is -2.04. The molecule has 1 aromatic rings. The highest BCUT2D eigenvalue weighted by Gasteiger charge is 2.23. The third kappa shape index (κ3) is 1.72. The van der Waals surface area contributed by atoms with Crippen LogP contribution >= 0.6 is 0 Å². The third-order valence-electron chi connectivity index (χ3n) is 2.58. The minimum absolute atomic E-state index is 0.191. The van der Waals surface area contributed by atoms with Gasteiger partial charge in [-0.25, -0.2) is 4.39 Å². The van der Waals surface area contributed by atoms with E-state index in [-0.39, 0.29) is 18.0 Å². The Hall–Kier alpha value is -1.42. The fraction of sp³-hybridized carbons (Fsp3) is 0.364. The zero-order valence-corrected chi connectivity index (χ0v) is 8.38. The zero-order chi connectivity index (χ0) is 11.0. The number of rotatable bonds is 2. The molecular weight excluding hydrogens is 197 g/mol. The summed E-state index contributed by atoms with van der Waals surface area (Å²) in [5, 5.41) is 12.0. The van der Waals surface area contributed by atoms with Crippen LogP contribution in [0, 0.1) is 5.82 Å². The second-order valence-corrected chi connectivity index (χ2v) is 3.69. The van der Waals surface area contributed by atoms with Gasteiger partial charge in [0, 0.05) is 0 Å². The van der Waals surface area contributed by atoms with E-state index in [9.17, 15) is 14.3 Å². The van der Waals surface area contributed by atoms with Crippen LogP contribution in [0.5, 0.6) is 0 Å². The number of carbonyl (C=O) groups excluding carboxylic acids is 1. The van der Waals surface area contributed by atoms with Gasteiger partial charge in [0.25, 0.3) is 0 Å². The quantitative estimate of drug-likeness (QED) is 0.779. The number of aliphatic hydroxyl groups excluding tert-OH is 1. The first kappa shape index (κ1) is 10.1. The van der Waals surface area contributed by atoms with Crippen LogP contribution < -0.4 is 5.32 Å². The molecule has 1 atom stereocenters. The standard InChI is InChI=1S/C11H12FNO2/c1-2-9(14)6-3-7-5-10(15)13-11(7)8(12)4-6/h3-4,9,14H,2,5H2,1H3,(H,13,15). The molecule has 4 heteroatoms. The number of carbonyl (C=O) groups is 1. The highest BCUT2D eigenvalue weighted by atomic mass is 19.1. The SMILES string of the molecule is CCC(O)c1cc(F)c2c(c1)CC(=O)N2. The van der Waals surface area contributed by atoms with Gasteiger partial charge in [0.05, 0.1) is 18.2 Å². The van der Waals surface area contributed by atoms with Crippen LogP contribution in [-0.2, 0) is 11.2 Å². The molecule has 15 heavy (non-hydrogen) atoms. The summed E-state index contributed by atoms with van der Waals surface area (Å²) < 4.78 is 13.5. The average molecular weight is 209 g/mol. The van der Waals surface area contributed by atoms with Crippen molar-refractivity contribution in [3.8, 4) is 0 Å². The van der Waals surface area contributed by atoms with Gasteiger partial charge in [0.2, 0.25) is 5.91 Å². The van der Waals surface area contributed by atoms with Crippen LogP contribution in [0.1, 0.15) is 30.6 Å². The van der Waals surface area contributed by atoms with Gasteiger partial charge < -0.3 is 10.4 Å². The van der Waals surface area contributed by atoms with Crippen molar-refractivity contribution in [2.45, 2.75) is 25.9 Å². The lowest BCUT2D eigenvalue weighted by atomic mass is 10.0. The second-order valence-electron chi connectivity index (χ2n) is 3.69. The van der Waals surface area contributed by atoms with Gasteiger partial charge in [-0.3, -0.25) is 4.79 Å². The number of fused-ring (bicyclic) bond motifs is 1. The molecule has 1 aliphatic heterocycles. The van der Waals surface area contributed by atoms with Crippen LogP contribution in [0.15, 0.2) is 12.1 Å². The largest absolute Gasteiger partial charge is 0.388 e. The molecule has 3 nitrogen and oxygen atoms in total. The minimum atomic E-state index is -0.666. The number of amides is 1. The van der Waals surface area contributed by atoms with E-state index >= 15 is 0 Å². The van der Waals surface area contributed by atoms with E-state index in [4.69, 9.17) is 0 Å². The van der Waals surface area contributed by atoms with Gasteiger partial charge in [0.15, 0.2) is 0 Å². The predicted molar refractivity (Wildman–Crippen MR) is 54.0 cm³/mol. The Bertz CT molecular complexity index is 417. The molecule has 1 unspecified atom stereocenters. The lowest BCUT2D eigenvalue weighted by Gasteiger charge is -2.10. The summed E-state index contributed by atoms with van der Waals surface area (Å²) in [5.41, 5.74) is 1.42. The summed E-state index contributed by atoms with van der Waals surface area (Å²) in [6.45, 7) is 1.82. The fourth-order valence-corrected chi connectivity index (χ4v) is 1.75. The Morgan fingerprint density at radius 2 is 2.33 bits per heavy atom. The molecule has 1 aromatic carbocycles. The summed E-state index contributed by atoms with van der Waals surface area (Å²) in [5.74, 6) is -0.673. The zero-order valence-electron chi connectivity index (χ0n) is 8.38. The number of nitrogens with one attached hydrogen (secondary N) is 1. The summed E-state index contributed by atoms with van der Waals surface area (Å²) in [7, 11) is 0. The van der Waals surface area contributed by atoms with Crippen molar-refractivity contribution in [1.29, 1.82) is 0 Å². The van der Waals surface area contributed by atoms with Gasteiger partial charge in [-0.2, -0.15) is 0 Å². The van der Waals surface area contributed by atoms with E-state index in [0.717, 1.165) is 0 Å². The maximum absolute atomic E-state index is 13.5. The Labute approximate surface area is 86.9 Å². The first-order valence-corrected chi connectivity index (χ1v) is 4.92. The Balaban J connectivity index is 2.44. The predicted octanol–water partition coefficient (Wildman–Crippen LogP) is 1.76. The normalized spacial score (nSPS) is 16.1. The number of hydrogen-bond donors (Lipinski definition) is 2. The molecule has 1 amide bonds. The molecule has 0 saturated carbocycles. The number of halogens is 1. The maximum atomic E-state index is 13.5. The van der Waals surface area contributed by atoms with Gasteiger partial charge in [-0.05, 0) is 23.6 Å². The topological polar surface area (TPSA) is 49.3 Å². The van der Waals surface area contributed by atoms with Crippen molar-refractivity contribution in [2.75, 3.05) is 5.32 Å². The summed E-state index contributed by atoms with van der Waals surface area (Å²) >= 11 is 0. The molecule has 1 aliphatic rings. The van der Waals surface area contributed by atoms with Crippen molar-refractivity contribution >= 4 is 11.6 Å². The second kappa shape index (κ2) is 3.62. The van der Waals surface area contributed by atoms with Crippen molar-refractivity contribution in [3.05, 3.63) is 29.1 Å². The van der Waals surface area contributed by atoms with E-state index in [0.29, 0.717) is 17.5 Å². The highest BCUT2D eigenvalue weighted by molar-refractivity contribution is 5.99. The van der Waals surface area contributed by atoms with Crippen LogP contribution in [0.3, 0.4) is 0 Å². The Morgan fingerprint density at radius 1 is 1.60 bits per heavy atom. The monoisotopic (exact) mass is 209 g/mol. The van der Waals surface area contributed by atoms with Crippen molar-refractivity contribution in [1.82, 2.24) is 0 Å². The Kier molecular flexibility index (Phi) is 2.44. The summed E-state index contributed by atoms with van der Waals surface area (Å²) in [4.78, 5) is 11.1. The van der Waals surface area contributed by atoms with E-state index < -0.39 is 11.9 Å². The van der Waals surface area contributed by atoms with Gasteiger partial charge in [-0.15, -0.1) is 0 Å². The molecule has 2 N–H and O–H groups in total. The van der Waals surface area contributed by atoms with Crippen molar-refractivity contribution < 1.29 is 14.3 Å². The Morgan fingerprint density at radius 3 is 3.00 bits per heavy atom. The number of benzene rings is 1. The van der Waals surface area contributed by atoms with Gasteiger partial charge in [-0.1, -0.05) is 13.0 Å². The first-order chi connectivity index (χ1) is 7.11. The molecule has 0 radical (unpaired) electrons. The van der Waals surface area contributed by atoms with Crippen LogP contribution in [-0.4, -0.2) is 11.0 Å². The van der Waals surface area contributed by atoms with E-state index in [2.05, 4.69) is 5.32 Å². The molecule has 0 bridgehead atoms. The highest BCUT2D eigenvalue weighted by Crippen LogP contribution is 2.30. The number of anilines is 1. The van der Waals surface area contributed by atoms with Crippen LogP contribution in [0.25, 0.3) is 0 Å². The molecule has 0 aromatic heterocycles. The molecule has 2 rings (SSSR count). The molecule has 0 spiro atoms. The maximum Gasteiger partial charge on any atom is 0.228 e. The first-order valence-electron chi connectivity index (χ1n) is 4.92. The average Bonchev–Trinajstić information content (AvgIpc) is 2.58. The molecule has 0 aliphatic carbocycles. The molecule has 1 heterocycles. The fourth-order valence-electron chi connectivity index (χ4n) is 1.75. The summed E-state index contributed by atoms with van der Waals surface area (Å²) in [6.07, 6.45) is 0.0522. The summed E-state index contributed by atoms with van der Waals surface area (Å²) in [6, 6.07) is 2.96. The van der Waals surface area contributed by atoms with Crippen LogP contribution in [0.4, 0.5) is 10.1 Å². The number of hydrogen-bond acceptors (Lipinski definition) is 2. The smallest absolute Gasteiger partial charge is 0.228 e.